The van der Waals surface area contributed by atoms with Gasteiger partial charge < -0.3 is 10.1 Å². The number of anilines is 2. The summed E-state index contributed by atoms with van der Waals surface area (Å²) >= 11 is 1.20. The predicted octanol–water partition coefficient (Wildman–Crippen LogP) is 2.05. The maximum Gasteiger partial charge on any atom is 0.266 e. The van der Waals surface area contributed by atoms with Crippen LogP contribution in [0.15, 0.2) is 34.5 Å². The zero-order valence-corrected chi connectivity index (χ0v) is 12.7. The first-order valence-electron chi connectivity index (χ1n) is 6.07. The summed E-state index contributed by atoms with van der Waals surface area (Å²) in [7, 11) is -2.35. The summed E-state index contributed by atoms with van der Waals surface area (Å²) < 4.78 is 32.4. The lowest BCUT2D eigenvalue weighted by atomic mass is 10.1. The van der Waals surface area contributed by atoms with Crippen molar-refractivity contribution < 1.29 is 17.9 Å². The zero-order chi connectivity index (χ0) is 15.0. The Hall–Kier alpha value is -2.06. The van der Waals surface area contributed by atoms with E-state index in [0.717, 1.165) is 5.56 Å². The molecular formula is C13H12N2O4S2. The number of nitrogens with one attached hydrogen (secondary N) is 2. The molecule has 0 spiro atoms. The van der Waals surface area contributed by atoms with Gasteiger partial charge in [-0.1, -0.05) is 12.1 Å². The fourth-order valence-electron chi connectivity index (χ4n) is 2.17. The molecule has 0 fully saturated rings. The molecule has 0 unspecified atom stereocenters. The van der Waals surface area contributed by atoms with E-state index in [-0.39, 0.29) is 17.2 Å². The van der Waals surface area contributed by atoms with Crippen LogP contribution in [0.5, 0.6) is 5.06 Å². The molecule has 110 valence electrons. The Morgan fingerprint density at radius 1 is 1.33 bits per heavy atom. The number of rotatable bonds is 4. The van der Waals surface area contributed by atoms with E-state index < -0.39 is 10.0 Å². The predicted molar refractivity (Wildman–Crippen MR) is 80.5 cm³/mol. The van der Waals surface area contributed by atoms with Crippen molar-refractivity contribution >= 4 is 38.6 Å². The molecule has 6 nitrogen and oxygen atoms in total. The van der Waals surface area contributed by atoms with E-state index in [1.165, 1.54) is 24.5 Å². The molecule has 3 rings (SSSR count). The molecule has 0 saturated carbocycles. The lowest BCUT2D eigenvalue weighted by Crippen LogP contribution is -2.14. The number of methoxy groups -OCH3 is 1. The highest BCUT2D eigenvalue weighted by Gasteiger charge is 2.25. The SMILES string of the molecule is COc1sccc1S(=O)(=O)Nc1cccc2c1NC(=O)C2. The largest absolute Gasteiger partial charge is 0.486 e. The third kappa shape index (κ3) is 2.47. The summed E-state index contributed by atoms with van der Waals surface area (Å²) in [4.78, 5) is 11.5. The summed E-state index contributed by atoms with van der Waals surface area (Å²) in [5.74, 6) is -0.148. The lowest BCUT2D eigenvalue weighted by Gasteiger charge is -2.11. The molecule has 21 heavy (non-hydrogen) atoms. The van der Waals surface area contributed by atoms with Crippen molar-refractivity contribution in [2.24, 2.45) is 0 Å². The Labute approximate surface area is 125 Å². The second-order valence-corrected chi connectivity index (χ2v) is 6.98. The third-order valence-electron chi connectivity index (χ3n) is 3.08. The van der Waals surface area contributed by atoms with Crippen LogP contribution < -0.4 is 14.8 Å². The van der Waals surface area contributed by atoms with Crippen LogP contribution in [0.3, 0.4) is 0 Å². The number of hydrogen-bond donors (Lipinski definition) is 2. The molecule has 2 N–H and O–H groups in total. The molecule has 0 aliphatic carbocycles. The summed E-state index contributed by atoms with van der Waals surface area (Å²) in [5, 5.41) is 4.63. The lowest BCUT2D eigenvalue weighted by molar-refractivity contribution is -0.115. The van der Waals surface area contributed by atoms with Gasteiger partial charge >= 0.3 is 0 Å². The maximum absolute atomic E-state index is 12.4. The van der Waals surface area contributed by atoms with Crippen LogP contribution in [0, 0.1) is 0 Å². The van der Waals surface area contributed by atoms with Crippen LogP contribution in [0.1, 0.15) is 5.56 Å². The van der Waals surface area contributed by atoms with Gasteiger partial charge in [-0.25, -0.2) is 8.42 Å². The van der Waals surface area contributed by atoms with Crippen molar-refractivity contribution in [2.75, 3.05) is 17.1 Å². The van der Waals surface area contributed by atoms with Gasteiger partial charge in [-0.05, 0) is 23.1 Å². The highest BCUT2D eigenvalue weighted by atomic mass is 32.2. The number of para-hydroxylation sites is 1. The number of sulfonamides is 1. The van der Waals surface area contributed by atoms with Crippen LogP contribution in [0.2, 0.25) is 0 Å². The molecule has 2 heterocycles. The average Bonchev–Trinajstić information content (AvgIpc) is 3.04. The highest BCUT2D eigenvalue weighted by Crippen LogP contribution is 2.35. The van der Waals surface area contributed by atoms with Crippen LogP contribution >= 0.6 is 11.3 Å². The molecule has 1 aromatic carbocycles. The number of carbonyl (C=O) groups excluding carboxylic acids is 1. The van der Waals surface area contributed by atoms with Crippen molar-refractivity contribution in [3.8, 4) is 5.06 Å². The van der Waals surface area contributed by atoms with Gasteiger partial charge in [0.05, 0.1) is 24.9 Å². The van der Waals surface area contributed by atoms with E-state index >= 15 is 0 Å². The fourth-order valence-corrected chi connectivity index (χ4v) is 4.46. The first-order valence-corrected chi connectivity index (χ1v) is 8.43. The molecule has 1 amide bonds. The van der Waals surface area contributed by atoms with Gasteiger partial charge in [0.15, 0.2) is 5.06 Å². The number of benzene rings is 1. The summed E-state index contributed by atoms with van der Waals surface area (Å²) in [6.45, 7) is 0. The van der Waals surface area contributed by atoms with Crippen LogP contribution in [-0.2, 0) is 21.2 Å². The summed E-state index contributed by atoms with van der Waals surface area (Å²) in [5.41, 5.74) is 1.64. The smallest absolute Gasteiger partial charge is 0.266 e. The van der Waals surface area contributed by atoms with Gasteiger partial charge in [0.2, 0.25) is 5.91 Å². The Morgan fingerprint density at radius 2 is 2.14 bits per heavy atom. The number of hydrogen-bond acceptors (Lipinski definition) is 5. The normalized spacial score (nSPS) is 13.7. The number of carbonyl (C=O) groups is 1. The Morgan fingerprint density at radius 3 is 2.90 bits per heavy atom. The number of fused-ring (bicyclic) bond motifs is 1. The molecule has 1 aliphatic rings. The third-order valence-corrected chi connectivity index (χ3v) is 5.47. The van der Waals surface area contributed by atoms with Crippen LogP contribution in [-0.4, -0.2) is 21.4 Å². The second-order valence-electron chi connectivity index (χ2n) is 4.45. The van der Waals surface area contributed by atoms with Crippen molar-refractivity contribution in [1.29, 1.82) is 0 Å². The van der Waals surface area contributed by atoms with Gasteiger partial charge in [0.1, 0.15) is 4.90 Å². The number of ether oxygens (including phenoxy) is 1. The van der Waals surface area contributed by atoms with E-state index in [4.69, 9.17) is 4.74 Å². The molecule has 2 aromatic rings. The first-order chi connectivity index (χ1) is 10.0. The van der Waals surface area contributed by atoms with Crippen molar-refractivity contribution in [3.05, 3.63) is 35.2 Å². The fraction of sp³-hybridized carbons (Fsp3) is 0.154. The van der Waals surface area contributed by atoms with Gasteiger partial charge in [-0.15, -0.1) is 11.3 Å². The van der Waals surface area contributed by atoms with Crippen LogP contribution in [0.25, 0.3) is 0 Å². The van der Waals surface area contributed by atoms with Crippen molar-refractivity contribution in [3.63, 3.8) is 0 Å². The van der Waals surface area contributed by atoms with Gasteiger partial charge in [0.25, 0.3) is 10.0 Å². The minimum atomic E-state index is -3.77. The molecule has 1 aromatic heterocycles. The second kappa shape index (κ2) is 5.05. The number of amides is 1. The maximum atomic E-state index is 12.4. The monoisotopic (exact) mass is 324 g/mol. The number of thiophene rings is 1. The molecule has 0 saturated heterocycles. The quantitative estimate of drug-likeness (QED) is 0.901. The standard InChI is InChI=1S/C13H12N2O4S2/c1-19-13-10(5-6-20-13)21(17,18)15-9-4-2-3-8-7-11(16)14-12(8)9/h2-6,15H,7H2,1H3,(H,14,16). The Kier molecular flexibility index (Phi) is 3.34. The van der Waals surface area contributed by atoms with E-state index in [1.807, 2.05) is 0 Å². The van der Waals surface area contributed by atoms with Gasteiger partial charge in [0, 0.05) is 0 Å². The van der Waals surface area contributed by atoms with Crippen molar-refractivity contribution in [2.45, 2.75) is 11.3 Å². The van der Waals surface area contributed by atoms with E-state index in [9.17, 15) is 13.2 Å². The van der Waals surface area contributed by atoms with Gasteiger partial charge in [-0.3, -0.25) is 9.52 Å². The molecule has 8 heteroatoms. The molecule has 0 radical (unpaired) electrons. The Balaban J connectivity index is 1.98. The minimum absolute atomic E-state index is 0.0805. The van der Waals surface area contributed by atoms with Gasteiger partial charge in [-0.2, -0.15) is 0 Å². The molecule has 0 atom stereocenters. The zero-order valence-electron chi connectivity index (χ0n) is 11.0. The van der Waals surface area contributed by atoms with E-state index in [2.05, 4.69) is 10.0 Å². The molecule has 0 bridgehead atoms. The Bertz CT molecular complexity index is 811. The minimum Gasteiger partial charge on any atom is -0.486 e. The average molecular weight is 324 g/mol. The highest BCUT2D eigenvalue weighted by molar-refractivity contribution is 7.93. The molecular weight excluding hydrogens is 312 g/mol. The molecule has 1 aliphatic heterocycles. The summed E-state index contributed by atoms with van der Waals surface area (Å²) in [6, 6.07) is 6.59. The van der Waals surface area contributed by atoms with Crippen LogP contribution in [0.4, 0.5) is 11.4 Å². The van der Waals surface area contributed by atoms with E-state index in [0.29, 0.717) is 16.4 Å². The van der Waals surface area contributed by atoms with Crippen molar-refractivity contribution in [1.82, 2.24) is 0 Å². The first kappa shape index (κ1) is 13.9. The topological polar surface area (TPSA) is 84.5 Å². The van der Waals surface area contributed by atoms with E-state index in [1.54, 1.807) is 23.6 Å². The summed E-state index contributed by atoms with van der Waals surface area (Å²) in [6.07, 6.45) is 0.257.